The van der Waals surface area contributed by atoms with Gasteiger partial charge in [0.1, 0.15) is 6.10 Å². The topological polar surface area (TPSA) is 61.8 Å². The summed E-state index contributed by atoms with van der Waals surface area (Å²) >= 11 is 3.41. The second kappa shape index (κ2) is 6.00. The molecule has 0 aliphatic carbocycles. The maximum atomic E-state index is 10.5. The summed E-state index contributed by atoms with van der Waals surface area (Å²) in [6.45, 7) is 2.80. The molecule has 0 radical (unpaired) electrons. The second-order valence-corrected chi connectivity index (χ2v) is 5.10. The average molecular weight is 320 g/mol. The van der Waals surface area contributed by atoms with Crippen LogP contribution in [-0.4, -0.2) is 14.9 Å². The first-order valence-corrected chi connectivity index (χ1v) is 6.86. The predicted molar refractivity (Wildman–Crippen MR) is 75.4 cm³/mol. The lowest BCUT2D eigenvalue weighted by atomic mass is 10.0. The minimum atomic E-state index is -0.795. The summed E-state index contributed by atoms with van der Waals surface area (Å²) in [7, 11) is 0. The number of rotatable bonds is 4. The first kappa shape index (κ1) is 13.8. The van der Waals surface area contributed by atoms with Crippen molar-refractivity contribution in [2.45, 2.75) is 26.0 Å². The van der Waals surface area contributed by atoms with E-state index in [9.17, 15) is 5.11 Å². The molecule has 98 valence electrons. The average Bonchev–Trinajstić information content (AvgIpc) is 2.79. The Morgan fingerprint density at radius 1 is 1.53 bits per heavy atom. The van der Waals surface area contributed by atoms with Crippen LogP contribution in [0.15, 0.2) is 34.9 Å². The quantitative estimate of drug-likeness (QED) is 0.942. The van der Waals surface area contributed by atoms with Gasteiger partial charge in [0.2, 0.25) is 0 Å². The summed E-state index contributed by atoms with van der Waals surface area (Å²) in [6, 6.07) is 9.06. The molecule has 19 heavy (non-hydrogen) atoms. The molecule has 0 amide bonds. The molecule has 1 aromatic carbocycles. The molecule has 0 spiro atoms. The van der Waals surface area contributed by atoms with Crippen molar-refractivity contribution in [3.05, 3.63) is 51.8 Å². The van der Waals surface area contributed by atoms with Gasteiger partial charge in [0, 0.05) is 6.54 Å². The largest absolute Gasteiger partial charge is 0.382 e. The number of hydrogen-bond acceptors (Lipinski definition) is 3. The van der Waals surface area contributed by atoms with Crippen LogP contribution in [0.4, 0.5) is 0 Å². The van der Waals surface area contributed by atoms with E-state index in [0.717, 1.165) is 23.1 Å². The van der Waals surface area contributed by atoms with Crippen LogP contribution in [0.25, 0.3) is 0 Å². The van der Waals surface area contributed by atoms with E-state index < -0.39 is 6.10 Å². The molecule has 2 rings (SSSR count). The maximum absolute atomic E-state index is 10.5. The van der Waals surface area contributed by atoms with Crippen LogP contribution >= 0.6 is 15.9 Å². The number of aromatic nitrogens is 2. The number of benzene rings is 1. The van der Waals surface area contributed by atoms with Crippen molar-refractivity contribution in [3.63, 3.8) is 0 Å². The summed E-state index contributed by atoms with van der Waals surface area (Å²) in [5, 5.41) is 23.6. The predicted octanol–water partition coefficient (Wildman–Crippen LogP) is 3.01. The maximum Gasteiger partial charge on any atom is 0.122 e. The third kappa shape index (κ3) is 2.86. The number of nitriles is 1. The standard InChI is InChI=1S/C14H14BrN3O/c1-2-6-18-13(12(15)9-17-18)14(19)11-5-3-4-10(7-11)8-16/h3-5,7,9,14,19H,2,6H2,1H3. The number of nitrogens with zero attached hydrogens (tertiary/aromatic N) is 3. The Hall–Kier alpha value is -1.64. The minimum absolute atomic E-state index is 0.536. The zero-order chi connectivity index (χ0) is 13.8. The highest BCUT2D eigenvalue weighted by Crippen LogP contribution is 2.29. The molecule has 0 fully saturated rings. The summed E-state index contributed by atoms with van der Waals surface area (Å²) in [4.78, 5) is 0. The van der Waals surface area contributed by atoms with Crippen LogP contribution in [0, 0.1) is 11.3 Å². The Morgan fingerprint density at radius 2 is 2.32 bits per heavy atom. The van der Waals surface area contributed by atoms with Gasteiger partial charge in [-0.3, -0.25) is 4.68 Å². The van der Waals surface area contributed by atoms with Crippen molar-refractivity contribution in [1.29, 1.82) is 5.26 Å². The van der Waals surface area contributed by atoms with Crippen LogP contribution in [0.2, 0.25) is 0 Å². The zero-order valence-electron chi connectivity index (χ0n) is 10.5. The Balaban J connectivity index is 2.40. The van der Waals surface area contributed by atoms with Gasteiger partial charge in [0.05, 0.1) is 28.0 Å². The SMILES string of the molecule is CCCn1ncc(Br)c1C(O)c1cccc(C#N)c1. The molecule has 0 saturated heterocycles. The number of halogens is 1. The Kier molecular flexibility index (Phi) is 4.35. The van der Waals surface area contributed by atoms with E-state index in [1.165, 1.54) is 0 Å². The van der Waals surface area contributed by atoms with Crippen LogP contribution in [0.3, 0.4) is 0 Å². The molecule has 1 unspecified atom stereocenters. The normalized spacial score (nSPS) is 12.1. The molecule has 0 saturated carbocycles. The highest BCUT2D eigenvalue weighted by molar-refractivity contribution is 9.10. The van der Waals surface area contributed by atoms with E-state index in [0.29, 0.717) is 11.1 Å². The molecule has 2 aromatic rings. The van der Waals surface area contributed by atoms with Gasteiger partial charge < -0.3 is 5.11 Å². The highest BCUT2D eigenvalue weighted by atomic mass is 79.9. The molecule has 0 bridgehead atoms. The molecule has 0 aliphatic rings. The molecule has 1 atom stereocenters. The molecule has 4 nitrogen and oxygen atoms in total. The highest BCUT2D eigenvalue weighted by Gasteiger charge is 2.19. The second-order valence-electron chi connectivity index (χ2n) is 4.24. The smallest absolute Gasteiger partial charge is 0.122 e. The third-order valence-electron chi connectivity index (χ3n) is 2.86. The third-order valence-corrected chi connectivity index (χ3v) is 3.47. The van der Waals surface area contributed by atoms with E-state index in [1.54, 1.807) is 35.1 Å². The molecule has 1 N–H and O–H groups in total. The van der Waals surface area contributed by atoms with E-state index in [1.807, 2.05) is 0 Å². The first-order chi connectivity index (χ1) is 9.17. The van der Waals surface area contributed by atoms with Crippen molar-refractivity contribution in [2.75, 3.05) is 0 Å². The van der Waals surface area contributed by atoms with Gasteiger partial charge >= 0.3 is 0 Å². The number of aliphatic hydroxyl groups is 1. The van der Waals surface area contributed by atoms with Crippen LogP contribution in [-0.2, 0) is 6.54 Å². The molecular weight excluding hydrogens is 306 g/mol. The van der Waals surface area contributed by atoms with Crippen molar-refractivity contribution in [3.8, 4) is 6.07 Å². The summed E-state index contributed by atoms with van der Waals surface area (Å²) in [5.41, 5.74) is 1.95. The summed E-state index contributed by atoms with van der Waals surface area (Å²) < 4.78 is 2.56. The van der Waals surface area contributed by atoms with E-state index in [2.05, 4.69) is 34.0 Å². The van der Waals surface area contributed by atoms with Crippen molar-refractivity contribution in [2.24, 2.45) is 0 Å². The molecule has 0 aliphatic heterocycles. The van der Waals surface area contributed by atoms with Gasteiger partial charge in [-0.2, -0.15) is 10.4 Å². The first-order valence-electron chi connectivity index (χ1n) is 6.06. The number of hydrogen-bond donors (Lipinski definition) is 1. The fourth-order valence-corrected chi connectivity index (χ4v) is 2.48. The van der Waals surface area contributed by atoms with Gasteiger partial charge in [-0.1, -0.05) is 19.1 Å². The van der Waals surface area contributed by atoms with Crippen LogP contribution in [0.5, 0.6) is 0 Å². The Labute approximate surface area is 120 Å². The van der Waals surface area contributed by atoms with Gasteiger partial charge in [0.25, 0.3) is 0 Å². The summed E-state index contributed by atoms with van der Waals surface area (Å²) in [5.74, 6) is 0. The van der Waals surface area contributed by atoms with Crippen molar-refractivity contribution in [1.82, 2.24) is 9.78 Å². The fourth-order valence-electron chi connectivity index (χ4n) is 1.97. The Bertz CT molecular complexity index is 615. The lowest BCUT2D eigenvalue weighted by molar-refractivity contribution is 0.206. The molecular formula is C14H14BrN3O. The lowest BCUT2D eigenvalue weighted by Gasteiger charge is -2.14. The van der Waals surface area contributed by atoms with Crippen molar-refractivity contribution < 1.29 is 5.11 Å². The van der Waals surface area contributed by atoms with Gasteiger partial charge in [-0.05, 0) is 40.0 Å². The van der Waals surface area contributed by atoms with E-state index in [-0.39, 0.29) is 0 Å². The van der Waals surface area contributed by atoms with E-state index >= 15 is 0 Å². The van der Waals surface area contributed by atoms with Gasteiger partial charge in [-0.15, -0.1) is 0 Å². The van der Waals surface area contributed by atoms with Crippen molar-refractivity contribution >= 4 is 15.9 Å². The molecule has 1 heterocycles. The molecule has 5 heteroatoms. The summed E-state index contributed by atoms with van der Waals surface area (Å²) in [6.07, 6.45) is 1.82. The number of aryl methyl sites for hydroxylation is 1. The number of aliphatic hydroxyl groups excluding tert-OH is 1. The monoisotopic (exact) mass is 319 g/mol. The van der Waals surface area contributed by atoms with Gasteiger partial charge in [-0.25, -0.2) is 0 Å². The zero-order valence-corrected chi connectivity index (χ0v) is 12.1. The Morgan fingerprint density at radius 3 is 3.00 bits per heavy atom. The van der Waals surface area contributed by atoms with Crippen LogP contribution < -0.4 is 0 Å². The minimum Gasteiger partial charge on any atom is -0.382 e. The molecule has 1 aromatic heterocycles. The lowest BCUT2D eigenvalue weighted by Crippen LogP contribution is -2.10. The van der Waals surface area contributed by atoms with Crippen LogP contribution in [0.1, 0.15) is 36.3 Å². The van der Waals surface area contributed by atoms with Gasteiger partial charge in [0.15, 0.2) is 0 Å². The fraction of sp³-hybridized carbons (Fsp3) is 0.286. The van der Waals surface area contributed by atoms with E-state index in [4.69, 9.17) is 5.26 Å².